The number of rotatable bonds is 14. The molecule has 3 atom stereocenters. The number of hydrogen-bond donors (Lipinski definition) is 1. The molecule has 0 saturated heterocycles. The first-order valence-corrected chi connectivity index (χ1v) is 13.3. The molecule has 1 saturated carbocycles. The molecule has 0 amide bonds. The van der Waals surface area contributed by atoms with E-state index in [1.165, 1.54) is 5.56 Å². The van der Waals surface area contributed by atoms with Crippen molar-refractivity contribution in [3.05, 3.63) is 41.3 Å². The van der Waals surface area contributed by atoms with Crippen molar-refractivity contribution in [1.82, 2.24) is 4.98 Å². The highest BCUT2D eigenvalue weighted by atomic mass is 16.5. The van der Waals surface area contributed by atoms with Gasteiger partial charge in [0.1, 0.15) is 11.5 Å². The molecule has 1 aromatic heterocycles. The van der Waals surface area contributed by atoms with Crippen LogP contribution in [0, 0.1) is 24.7 Å². The van der Waals surface area contributed by atoms with Gasteiger partial charge in [-0.15, -0.1) is 0 Å². The second kappa shape index (κ2) is 13.9. The summed E-state index contributed by atoms with van der Waals surface area (Å²) in [4.78, 5) is 16.1. The van der Waals surface area contributed by atoms with E-state index in [4.69, 9.17) is 18.6 Å². The number of hydrogen-bond acceptors (Lipinski definition) is 6. The zero-order valence-electron chi connectivity index (χ0n) is 22.5. The maximum atomic E-state index is 11.4. The molecule has 1 aromatic carbocycles. The molecule has 3 unspecified atom stereocenters. The Kier molecular flexibility index (Phi) is 11.0. The van der Waals surface area contributed by atoms with E-state index in [-0.39, 0.29) is 12.5 Å². The van der Waals surface area contributed by atoms with Gasteiger partial charge in [-0.25, -0.2) is 9.78 Å². The summed E-state index contributed by atoms with van der Waals surface area (Å²) in [7, 11) is 0. The maximum absolute atomic E-state index is 11.4. The highest BCUT2D eigenvalue weighted by Crippen LogP contribution is 2.30. The van der Waals surface area contributed by atoms with Crippen LogP contribution in [0.2, 0.25) is 0 Å². The van der Waals surface area contributed by atoms with E-state index in [9.17, 15) is 9.90 Å². The van der Waals surface area contributed by atoms with Gasteiger partial charge in [-0.05, 0) is 67.6 Å². The molecular formula is C29H43NO6. The number of benzene rings is 1. The van der Waals surface area contributed by atoms with Crippen molar-refractivity contribution in [2.45, 2.75) is 78.9 Å². The predicted molar refractivity (Wildman–Crippen MR) is 139 cm³/mol. The molecule has 7 heteroatoms. The molecule has 1 heterocycles. The minimum absolute atomic E-state index is 0.0910. The summed E-state index contributed by atoms with van der Waals surface area (Å²) in [6, 6.07) is 8.37. The second-order valence-corrected chi connectivity index (χ2v) is 10.8. The summed E-state index contributed by atoms with van der Waals surface area (Å²) < 4.78 is 23.2. The molecular weight excluding hydrogens is 458 g/mol. The van der Waals surface area contributed by atoms with E-state index < -0.39 is 12.1 Å². The van der Waals surface area contributed by atoms with Gasteiger partial charge in [0.25, 0.3) is 0 Å². The molecule has 0 aliphatic heterocycles. The topological polar surface area (TPSA) is 91.0 Å². The molecule has 2 aromatic rings. The number of carbonyl (C=O) groups is 1. The van der Waals surface area contributed by atoms with Crippen molar-refractivity contribution < 1.29 is 28.5 Å². The molecule has 0 spiro atoms. The van der Waals surface area contributed by atoms with E-state index >= 15 is 0 Å². The Morgan fingerprint density at radius 1 is 1.06 bits per heavy atom. The van der Waals surface area contributed by atoms with Crippen molar-refractivity contribution in [3.8, 4) is 11.5 Å². The summed E-state index contributed by atoms with van der Waals surface area (Å²) in [6.07, 6.45) is 3.49. The van der Waals surface area contributed by atoms with Crippen molar-refractivity contribution in [3.63, 3.8) is 0 Å². The van der Waals surface area contributed by atoms with Crippen LogP contribution in [0.15, 0.2) is 28.7 Å². The molecule has 36 heavy (non-hydrogen) atoms. The molecule has 1 aliphatic rings. The summed E-state index contributed by atoms with van der Waals surface area (Å²) in [5.74, 6) is 2.12. The van der Waals surface area contributed by atoms with Crippen LogP contribution in [0.3, 0.4) is 0 Å². The van der Waals surface area contributed by atoms with E-state index in [0.29, 0.717) is 50.1 Å². The number of aromatic nitrogens is 1. The summed E-state index contributed by atoms with van der Waals surface area (Å²) in [5.41, 5.74) is 3.11. The quantitative estimate of drug-likeness (QED) is 0.328. The first-order valence-electron chi connectivity index (χ1n) is 13.3. The van der Waals surface area contributed by atoms with Crippen LogP contribution in [0.5, 0.6) is 0 Å². The van der Waals surface area contributed by atoms with Crippen molar-refractivity contribution in [2.24, 2.45) is 17.8 Å². The van der Waals surface area contributed by atoms with Gasteiger partial charge in [0.05, 0.1) is 19.8 Å². The van der Waals surface area contributed by atoms with Crippen LogP contribution in [-0.2, 0) is 25.6 Å². The Balaban J connectivity index is 1.41. The van der Waals surface area contributed by atoms with Crippen LogP contribution in [-0.4, -0.2) is 48.6 Å². The maximum Gasteiger partial charge on any atom is 0.335 e. The van der Waals surface area contributed by atoms with E-state index in [2.05, 4.69) is 43.1 Å². The zero-order chi connectivity index (χ0) is 26.1. The SMILES string of the molecule is Cc1oc(-c2ccc(C(C)C)cc2)nc1COCC1CCCC(COCC(OCC(C)C)C(=O)O)C1. The Labute approximate surface area is 215 Å². The molecule has 0 bridgehead atoms. The number of oxazole rings is 1. The van der Waals surface area contributed by atoms with E-state index in [1.54, 1.807) is 0 Å². The minimum Gasteiger partial charge on any atom is -0.479 e. The van der Waals surface area contributed by atoms with E-state index in [0.717, 1.165) is 42.7 Å². The molecule has 200 valence electrons. The molecule has 7 nitrogen and oxygen atoms in total. The van der Waals surface area contributed by atoms with Gasteiger partial charge in [-0.1, -0.05) is 46.2 Å². The number of carboxylic acid groups (broad SMARTS) is 1. The van der Waals surface area contributed by atoms with Crippen LogP contribution in [0.25, 0.3) is 11.5 Å². The molecule has 3 rings (SSSR count). The lowest BCUT2D eigenvalue weighted by atomic mass is 9.82. The number of carboxylic acids is 1. The van der Waals surface area contributed by atoms with Gasteiger partial charge < -0.3 is 23.7 Å². The third-order valence-electron chi connectivity index (χ3n) is 6.73. The van der Waals surface area contributed by atoms with Gasteiger partial charge in [-0.2, -0.15) is 0 Å². The predicted octanol–water partition coefficient (Wildman–Crippen LogP) is 6.24. The van der Waals surface area contributed by atoms with Gasteiger partial charge in [0, 0.05) is 18.8 Å². The largest absolute Gasteiger partial charge is 0.479 e. The number of ether oxygens (including phenoxy) is 3. The standard InChI is InChI=1S/C29H43NO6/c1-19(2)14-35-27(29(31)32)18-34-16-23-8-6-7-22(13-23)15-33-17-26-21(5)36-28(30-26)25-11-9-24(10-12-25)20(3)4/h9-12,19-20,22-23,27H,6-8,13-18H2,1-5H3,(H,31,32). The van der Waals surface area contributed by atoms with Gasteiger partial charge >= 0.3 is 5.97 Å². The lowest BCUT2D eigenvalue weighted by molar-refractivity contribution is -0.156. The summed E-state index contributed by atoms with van der Waals surface area (Å²) in [6.45, 7) is 12.5. The minimum atomic E-state index is -0.968. The average molecular weight is 502 g/mol. The molecule has 0 radical (unpaired) electrons. The fourth-order valence-corrected chi connectivity index (χ4v) is 4.56. The van der Waals surface area contributed by atoms with Crippen LogP contribution in [0.4, 0.5) is 0 Å². The fraction of sp³-hybridized carbons (Fsp3) is 0.655. The summed E-state index contributed by atoms with van der Waals surface area (Å²) >= 11 is 0. The normalized spacial score (nSPS) is 19.2. The van der Waals surface area contributed by atoms with Crippen molar-refractivity contribution in [1.29, 1.82) is 0 Å². The highest BCUT2D eigenvalue weighted by molar-refractivity contribution is 5.72. The Bertz CT molecular complexity index is 936. The number of nitrogens with zero attached hydrogens (tertiary/aromatic N) is 1. The van der Waals surface area contributed by atoms with Gasteiger partial charge in [0.15, 0.2) is 6.10 Å². The Morgan fingerprint density at radius 2 is 1.72 bits per heavy atom. The average Bonchev–Trinajstić information content (AvgIpc) is 3.21. The van der Waals surface area contributed by atoms with Gasteiger partial charge in [0.2, 0.25) is 5.89 Å². The molecule has 1 N–H and O–H groups in total. The molecule has 1 aliphatic carbocycles. The Morgan fingerprint density at radius 3 is 2.33 bits per heavy atom. The lowest BCUT2D eigenvalue weighted by Crippen LogP contribution is -2.32. The van der Waals surface area contributed by atoms with Crippen molar-refractivity contribution in [2.75, 3.05) is 26.4 Å². The third-order valence-corrected chi connectivity index (χ3v) is 6.73. The third kappa shape index (κ3) is 8.71. The molecule has 1 fully saturated rings. The number of aliphatic carboxylic acids is 1. The first kappa shape index (κ1) is 28.4. The number of aryl methyl sites for hydroxylation is 1. The van der Waals surface area contributed by atoms with Gasteiger partial charge in [-0.3, -0.25) is 0 Å². The van der Waals surface area contributed by atoms with Crippen LogP contribution >= 0.6 is 0 Å². The van der Waals surface area contributed by atoms with E-state index in [1.807, 2.05) is 20.8 Å². The fourth-order valence-electron chi connectivity index (χ4n) is 4.56. The van der Waals surface area contributed by atoms with Crippen LogP contribution in [0.1, 0.15) is 76.3 Å². The second-order valence-electron chi connectivity index (χ2n) is 10.8. The zero-order valence-corrected chi connectivity index (χ0v) is 22.5. The smallest absolute Gasteiger partial charge is 0.335 e. The Hall–Kier alpha value is -2.22. The van der Waals surface area contributed by atoms with Crippen molar-refractivity contribution >= 4 is 5.97 Å². The summed E-state index contributed by atoms with van der Waals surface area (Å²) in [5, 5.41) is 9.34. The lowest BCUT2D eigenvalue weighted by Gasteiger charge is -2.29. The van der Waals surface area contributed by atoms with Crippen LogP contribution < -0.4 is 0 Å². The highest BCUT2D eigenvalue weighted by Gasteiger charge is 2.24. The first-order chi connectivity index (χ1) is 17.2. The monoisotopic (exact) mass is 501 g/mol.